The first-order valence-electron chi connectivity index (χ1n) is 6.51. The molecule has 4 rings (SSSR count). The summed E-state index contributed by atoms with van der Waals surface area (Å²) in [6.07, 6.45) is 1.01. The summed E-state index contributed by atoms with van der Waals surface area (Å²) < 4.78 is 0. The lowest BCUT2D eigenvalue weighted by Gasteiger charge is -2.20. The van der Waals surface area contributed by atoms with Crippen LogP contribution in [0.4, 0.5) is 11.5 Å². The summed E-state index contributed by atoms with van der Waals surface area (Å²) in [4.78, 5) is 20.9. The van der Waals surface area contributed by atoms with Crippen LogP contribution in [0.25, 0.3) is 0 Å². The van der Waals surface area contributed by atoms with Crippen molar-refractivity contribution >= 4 is 11.5 Å². The zero-order chi connectivity index (χ0) is 12.8. The fourth-order valence-electron chi connectivity index (χ4n) is 2.96. The number of anilines is 2. The van der Waals surface area contributed by atoms with E-state index in [0.717, 1.165) is 43.1 Å². The Morgan fingerprint density at radius 2 is 2.11 bits per heavy atom. The van der Waals surface area contributed by atoms with Gasteiger partial charge in [0.1, 0.15) is 5.82 Å². The molecule has 0 radical (unpaired) electrons. The lowest BCUT2D eigenvalue weighted by atomic mass is 10.2. The van der Waals surface area contributed by atoms with Crippen molar-refractivity contribution in [3.8, 4) is 0 Å². The molecule has 2 aliphatic heterocycles. The number of hydrogen-bond donors (Lipinski definition) is 2. The van der Waals surface area contributed by atoms with E-state index in [1.54, 1.807) is 0 Å². The summed E-state index contributed by atoms with van der Waals surface area (Å²) in [6, 6.07) is 8.32. The Kier molecular flexibility index (Phi) is 2.22. The van der Waals surface area contributed by atoms with Crippen LogP contribution in [0.2, 0.25) is 0 Å². The second kappa shape index (κ2) is 3.93. The molecule has 0 aliphatic carbocycles. The SMILES string of the molecule is O=c1nc(N2CCc3ccccc32)c2c([nH]1)CNC2. The number of fused-ring (bicyclic) bond motifs is 2. The minimum absolute atomic E-state index is 0.262. The third-order valence-electron chi connectivity index (χ3n) is 3.85. The van der Waals surface area contributed by atoms with Crippen molar-refractivity contribution in [1.29, 1.82) is 0 Å². The molecule has 5 nitrogen and oxygen atoms in total. The second-order valence-electron chi connectivity index (χ2n) is 4.96. The van der Waals surface area contributed by atoms with Crippen LogP contribution in [0.1, 0.15) is 16.8 Å². The van der Waals surface area contributed by atoms with E-state index >= 15 is 0 Å². The van der Waals surface area contributed by atoms with Crippen LogP contribution in [0.5, 0.6) is 0 Å². The van der Waals surface area contributed by atoms with Crippen LogP contribution < -0.4 is 15.9 Å². The van der Waals surface area contributed by atoms with Crippen molar-refractivity contribution in [2.45, 2.75) is 19.5 Å². The first kappa shape index (κ1) is 10.8. The van der Waals surface area contributed by atoms with Gasteiger partial charge in [0.15, 0.2) is 0 Å². The van der Waals surface area contributed by atoms with Crippen molar-refractivity contribution in [3.05, 3.63) is 51.6 Å². The lowest BCUT2D eigenvalue weighted by molar-refractivity contribution is 0.756. The van der Waals surface area contributed by atoms with Crippen molar-refractivity contribution in [1.82, 2.24) is 15.3 Å². The molecule has 0 spiro atoms. The Morgan fingerprint density at radius 3 is 3.05 bits per heavy atom. The van der Waals surface area contributed by atoms with Gasteiger partial charge in [0, 0.05) is 36.6 Å². The third kappa shape index (κ3) is 1.58. The number of nitrogens with one attached hydrogen (secondary N) is 2. The van der Waals surface area contributed by atoms with Crippen molar-refractivity contribution in [2.24, 2.45) is 0 Å². The number of nitrogens with zero attached hydrogens (tertiary/aromatic N) is 2. The summed E-state index contributed by atoms with van der Waals surface area (Å²) in [6.45, 7) is 2.38. The van der Waals surface area contributed by atoms with Crippen LogP contribution in [0.15, 0.2) is 29.1 Å². The molecule has 19 heavy (non-hydrogen) atoms. The van der Waals surface area contributed by atoms with Gasteiger partial charge in [0.2, 0.25) is 0 Å². The van der Waals surface area contributed by atoms with Gasteiger partial charge in [-0.25, -0.2) is 4.79 Å². The van der Waals surface area contributed by atoms with Crippen LogP contribution in [-0.4, -0.2) is 16.5 Å². The molecule has 5 heteroatoms. The maximum Gasteiger partial charge on any atom is 0.347 e. The molecule has 1 aromatic heterocycles. The van der Waals surface area contributed by atoms with Gasteiger partial charge < -0.3 is 15.2 Å². The summed E-state index contributed by atoms with van der Waals surface area (Å²) in [7, 11) is 0. The average Bonchev–Trinajstić information content (AvgIpc) is 3.03. The molecular formula is C14H14N4O. The molecule has 0 atom stereocenters. The highest BCUT2D eigenvalue weighted by Crippen LogP contribution is 2.35. The molecule has 3 heterocycles. The molecular weight excluding hydrogens is 240 g/mol. The maximum absolute atomic E-state index is 11.7. The Labute approximate surface area is 110 Å². The predicted octanol–water partition coefficient (Wildman–Crippen LogP) is 1.07. The highest BCUT2D eigenvalue weighted by Gasteiger charge is 2.26. The van der Waals surface area contributed by atoms with Gasteiger partial charge in [-0.05, 0) is 18.1 Å². The van der Waals surface area contributed by atoms with Gasteiger partial charge >= 0.3 is 5.69 Å². The van der Waals surface area contributed by atoms with Crippen molar-refractivity contribution < 1.29 is 0 Å². The second-order valence-corrected chi connectivity index (χ2v) is 4.96. The van der Waals surface area contributed by atoms with Crippen molar-refractivity contribution in [3.63, 3.8) is 0 Å². The molecule has 1 aromatic carbocycles. The number of benzene rings is 1. The lowest BCUT2D eigenvalue weighted by Crippen LogP contribution is -2.23. The van der Waals surface area contributed by atoms with Gasteiger partial charge in [0.25, 0.3) is 0 Å². The van der Waals surface area contributed by atoms with E-state index in [1.165, 1.54) is 11.3 Å². The summed E-state index contributed by atoms with van der Waals surface area (Å²) >= 11 is 0. The molecule has 2 aliphatic rings. The quantitative estimate of drug-likeness (QED) is 0.799. The largest absolute Gasteiger partial charge is 0.347 e. The first-order valence-corrected chi connectivity index (χ1v) is 6.51. The fourth-order valence-corrected chi connectivity index (χ4v) is 2.96. The number of hydrogen-bond acceptors (Lipinski definition) is 4. The molecule has 2 aromatic rings. The zero-order valence-electron chi connectivity index (χ0n) is 10.4. The molecule has 2 N–H and O–H groups in total. The number of aromatic nitrogens is 2. The highest BCUT2D eigenvalue weighted by atomic mass is 16.1. The summed E-state index contributed by atoms with van der Waals surface area (Å²) in [5.41, 5.74) is 4.33. The molecule has 0 amide bonds. The first-order chi connectivity index (χ1) is 9.33. The minimum Gasteiger partial charge on any atom is -0.325 e. The zero-order valence-corrected chi connectivity index (χ0v) is 10.4. The Bertz CT molecular complexity index is 707. The summed E-state index contributed by atoms with van der Waals surface area (Å²) in [5, 5.41) is 3.27. The Balaban J connectivity index is 1.89. The number of rotatable bonds is 1. The Morgan fingerprint density at radius 1 is 1.21 bits per heavy atom. The van der Waals surface area contributed by atoms with E-state index in [-0.39, 0.29) is 5.69 Å². The highest BCUT2D eigenvalue weighted by molar-refractivity contribution is 5.70. The predicted molar refractivity (Wildman–Crippen MR) is 72.6 cm³/mol. The molecule has 0 fully saturated rings. The van der Waals surface area contributed by atoms with Crippen LogP contribution in [0, 0.1) is 0 Å². The van der Waals surface area contributed by atoms with E-state index in [0.29, 0.717) is 0 Å². The molecule has 0 unspecified atom stereocenters. The molecule has 0 bridgehead atoms. The van der Waals surface area contributed by atoms with E-state index in [9.17, 15) is 4.79 Å². The maximum atomic E-state index is 11.7. The van der Waals surface area contributed by atoms with Gasteiger partial charge in [-0.2, -0.15) is 4.98 Å². The van der Waals surface area contributed by atoms with Gasteiger partial charge in [-0.1, -0.05) is 18.2 Å². The van der Waals surface area contributed by atoms with E-state index in [1.807, 2.05) is 6.07 Å². The topological polar surface area (TPSA) is 61.0 Å². The summed E-state index contributed by atoms with van der Waals surface area (Å²) in [5.74, 6) is 0.814. The van der Waals surface area contributed by atoms with E-state index < -0.39 is 0 Å². The average molecular weight is 254 g/mol. The van der Waals surface area contributed by atoms with E-state index in [4.69, 9.17) is 0 Å². The molecule has 96 valence electrons. The van der Waals surface area contributed by atoms with Gasteiger partial charge in [-0.3, -0.25) is 0 Å². The van der Waals surface area contributed by atoms with Gasteiger partial charge in [0.05, 0.1) is 0 Å². The standard InChI is InChI=1S/C14H14N4O/c19-14-16-11-8-15-7-10(11)13(17-14)18-6-5-9-3-1-2-4-12(9)18/h1-4,15H,5-8H2,(H,16,17,19). The third-order valence-corrected chi connectivity index (χ3v) is 3.85. The number of H-pyrrole nitrogens is 1. The van der Waals surface area contributed by atoms with Crippen LogP contribution in [-0.2, 0) is 19.5 Å². The van der Waals surface area contributed by atoms with Crippen molar-refractivity contribution in [2.75, 3.05) is 11.4 Å². The fraction of sp³-hybridized carbons (Fsp3) is 0.286. The molecule has 0 saturated heterocycles. The Hall–Kier alpha value is -2.14. The number of aromatic amines is 1. The smallest absolute Gasteiger partial charge is 0.325 e. The monoisotopic (exact) mass is 254 g/mol. The van der Waals surface area contributed by atoms with E-state index in [2.05, 4.69) is 38.4 Å². The van der Waals surface area contributed by atoms with Crippen LogP contribution in [0.3, 0.4) is 0 Å². The van der Waals surface area contributed by atoms with Crippen LogP contribution >= 0.6 is 0 Å². The minimum atomic E-state index is -0.262. The van der Waals surface area contributed by atoms with Gasteiger partial charge in [-0.15, -0.1) is 0 Å². The number of para-hydroxylation sites is 1. The normalized spacial score (nSPS) is 16.5. The molecule has 0 saturated carbocycles.